The smallest absolute Gasteiger partial charge is 0.477 e. The average Bonchev–Trinajstić information content (AvgIpc) is 2.57. The Hall–Kier alpha value is -1.22. The number of nitriles is 1. The minimum atomic E-state index is -0.456. The number of nitrogens with zero attached hydrogens (tertiary/aromatic N) is 1. The van der Waals surface area contributed by atoms with E-state index in [1.54, 1.807) is 12.1 Å². The molecular formula is C14H17BClNO3. The molecule has 1 fully saturated rings. The molecule has 4 nitrogen and oxygen atoms in total. The standard InChI is InChI=1S/C14H17BClNO3/c1-13(2)14(3,4)20-15(19-13)10-5-6-12(11(16)9-10)18-8-7-17/h5-6,9H,8H2,1-4H3. The van der Waals surface area contributed by atoms with Gasteiger partial charge in [-0.25, -0.2) is 0 Å². The first kappa shape index (κ1) is 15.2. The number of hydrogen-bond acceptors (Lipinski definition) is 4. The molecule has 0 saturated carbocycles. The van der Waals surface area contributed by atoms with Crippen LogP contribution in [0.4, 0.5) is 0 Å². The third-order valence-corrected chi connectivity index (χ3v) is 4.07. The van der Waals surface area contributed by atoms with Crippen molar-refractivity contribution in [2.45, 2.75) is 38.9 Å². The van der Waals surface area contributed by atoms with Gasteiger partial charge in [0.05, 0.1) is 16.2 Å². The summed E-state index contributed by atoms with van der Waals surface area (Å²) in [5, 5.41) is 8.94. The van der Waals surface area contributed by atoms with Gasteiger partial charge >= 0.3 is 7.12 Å². The molecule has 0 bridgehead atoms. The van der Waals surface area contributed by atoms with Gasteiger partial charge in [-0.15, -0.1) is 0 Å². The predicted octanol–water partition coefficient (Wildman–Crippen LogP) is 2.54. The van der Waals surface area contributed by atoms with Crippen molar-refractivity contribution >= 4 is 24.2 Å². The fourth-order valence-corrected chi connectivity index (χ4v) is 2.11. The maximum absolute atomic E-state index is 8.50. The minimum absolute atomic E-state index is 0.0322. The summed E-state index contributed by atoms with van der Waals surface area (Å²) >= 11 is 6.14. The van der Waals surface area contributed by atoms with Crippen molar-refractivity contribution in [1.82, 2.24) is 0 Å². The van der Waals surface area contributed by atoms with Gasteiger partial charge in [0.15, 0.2) is 6.61 Å². The van der Waals surface area contributed by atoms with Crippen molar-refractivity contribution in [3.8, 4) is 11.8 Å². The van der Waals surface area contributed by atoms with Crippen LogP contribution in [-0.2, 0) is 9.31 Å². The Morgan fingerprint density at radius 3 is 2.35 bits per heavy atom. The van der Waals surface area contributed by atoms with Gasteiger partial charge in [0.1, 0.15) is 11.8 Å². The number of benzene rings is 1. The van der Waals surface area contributed by atoms with E-state index in [1.807, 2.05) is 39.8 Å². The van der Waals surface area contributed by atoms with E-state index in [0.717, 1.165) is 5.46 Å². The lowest BCUT2D eigenvalue weighted by Crippen LogP contribution is -2.41. The fourth-order valence-electron chi connectivity index (χ4n) is 1.87. The second-order valence-corrected chi connectivity index (χ2v) is 6.13. The van der Waals surface area contributed by atoms with E-state index < -0.39 is 7.12 Å². The van der Waals surface area contributed by atoms with Crippen molar-refractivity contribution in [3.63, 3.8) is 0 Å². The molecule has 1 aromatic carbocycles. The molecule has 1 heterocycles. The molecule has 0 unspecified atom stereocenters. The van der Waals surface area contributed by atoms with E-state index in [4.69, 9.17) is 30.9 Å². The van der Waals surface area contributed by atoms with E-state index in [0.29, 0.717) is 10.8 Å². The first-order valence-electron chi connectivity index (χ1n) is 6.42. The van der Waals surface area contributed by atoms with Crippen LogP contribution in [0, 0.1) is 11.3 Å². The van der Waals surface area contributed by atoms with Gasteiger partial charge in [-0.1, -0.05) is 17.7 Å². The quantitative estimate of drug-likeness (QED) is 0.804. The van der Waals surface area contributed by atoms with E-state index in [-0.39, 0.29) is 17.8 Å². The summed E-state index contributed by atoms with van der Waals surface area (Å²) in [6, 6.07) is 7.21. The maximum Gasteiger partial charge on any atom is 0.494 e. The number of rotatable bonds is 3. The molecule has 0 aromatic heterocycles. The van der Waals surface area contributed by atoms with Crippen LogP contribution in [0.25, 0.3) is 0 Å². The Labute approximate surface area is 124 Å². The summed E-state index contributed by atoms with van der Waals surface area (Å²) in [5.41, 5.74) is 0.0539. The molecule has 1 aliphatic heterocycles. The van der Waals surface area contributed by atoms with Crippen LogP contribution >= 0.6 is 11.6 Å². The van der Waals surface area contributed by atoms with Crippen LogP contribution in [-0.4, -0.2) is 24.9 Å². The van der Waals surface area contributed by atoms with Gasteiger partial charge in [-0.05, 0) is 45.3 Å². The molecule has 1 aliphatic rings. The molecule has 0 radical (unpaired) electrons. The van der Waals surface area contributed by atoms with Crippen LogP contribution in [0.1, 0.15) is 27.7 Å². The minimum Gasteiger partial charge on any atom is -0.477 e. The summed E-state index contributed by atoms with van der Waals surface area (Å²) in [4.78, 5) is 0. The highest BCUT2D eigenvalue weighted by Gasteiger charge is 2.51. The zero-order chi connectivity index (χ0) is 15.0. The Morgan fingerprint density at radius 2 is 1.85 bits per heavy atom. The zero-order valence-corrected chi connectivity index (χ0v) is 12.8. The zero-order valence-electron chi connectivity index (χ0n) is 12.1. The lowest BCUT2D eigenvalue weighted by molar-refractivity contribution is 0.00578. The van der Waals surface area contributed by atoms with Crippen molar-refractivity contribution in [2.24, 2.45) is 0 Å². The Kier molecular flexibility index (Phi) is 4.01. The molecule has 106 valence electrons. The normalized spacial score (nSPS) is 19.7. The predicted molar refractivity (Wildman–Crippen MR) is 78.3 cm³/mol. The molecule has 20 heavy (non-hydrogen) atoms. The third-order valence-electron chi connectivity index (χ3n) is 3.77. The van der Waals surface area contributed by atoms with Crippen molar-refractivity contribution in [3.05, 3.63) is 23.2 Å². The van der Waals surface area contributed by atoms with Gasteiger partial charge < -0.3 is 14.0 Å². The fraction of sp³-hybridized carbons (Fsp3) is 0.500. The number of ether oxygens (including phenoxy) is 1. The molecule has 0 amide bonds. The van der Waals surface area contributed by atoms with Gasteiger partial charge in [0.2, 0.25) is 0 Å². The molecule has 0 aliphatic carbocycles. The Balaban J connectivity index is 2.20. The Bertz CT molecular complexity index is 538. The van der Waals surface area contributed by atoms with Crippen LogP contribution in [0.5, 0.6) is 5.75 Å². The highest BCUT2D eigenvalue weighted by atomic mass is 35.5. The van der Waals surface area contributed by atoms with Gasteiger partial charge in [-0.3, -0.25) is 0 Å². The average molecular weight is 294 g/mol. The second-order valence-electron chi connectivity index (χ2n) is 5.72. The molecule has 2 rings (SSSR count). The van der Waals surface area contributed by atoms with Gasteiger partial charge in [0.25, 0.3) is 0 Å². The largest absolute Gasteiger partial charge is 0.494 e. The van der Waals surface area contributed by atoms with Crippen LogP contribution in [0.15, 0.2) is 18.2 Å². The van der Waals surface area contributed by atoms with Crippen LogP contribution in [0.2, 0.25) is 5.02 Å². The van der Waals surface area contributed by atoms with E-state index in [1.165, 1.54) is 0 Å². The summed E-state index contributed by atoms with van der Waals surface area (Å²) in [6.07, 6.45) is 0. The SMILES string of the molecule is CC1(C)OB(c2ccc(OCC#N)c(Cl)c2)OC1(C)C. The second kappa shape index (κ2) is 5.29. The molecule has 0 N–H and O–H groups in total. The van der Waals surface area contributed by atoms with E-state index in [9.17, 15) is 0 Å². The molecule has 1 aromatic rings. The van der Waals surface area contributed by atoms with E-state index >= 15 is 0 Å². The topological polar surface area (TPSA) is 51.5 Å². The molecule has 0 spiro atoms. The van der Waals surface area contributed by atoms with Gasteiger partial charge in [0, 0.05) is 0 Å². The molecule has 0 atom stereocenters. The highest BCUT2D eigenvalue weighted by Crippen LogP contribution is 2.36. The molecule has 6 heteroatoms. The maximum atomic E-state index is 8.50. The first-order chi connectivity index (χ1) is 9.27. The van der Waals surface area contributed by atoms with Crippen LogP contribution < -0.4 is 10.2 Å². The monoisotopic (exact) mass is 293 g/mol. The molecule has 1 saturated heterocycles. The summed E-state index contributed by atoms with van der Waals surface area (Å²) in [5.74, 6) is 0.480. The number of hydrogen-bond donors (Lipinski definition) is 0. The van der Waals surface area contributed by atoms with Gasteiger partial charge in [-0.2, -0.15) is 5.26 Å². The van der Waals surface area contributed by atoms with Crippen molar-refractivity contribution < 1.29 is 14.0 Å². The molecular weight excluding hydrogens is 276 g/mol. The lowest BCUT2D eigenvalue weighted by Gasteiger charge is -2.32. The highest BCUT2D eigenvalue weighted by molar-refractivity contribution is 6.62. The van der Waals surface area contributed by atoms with Crippen molar-refractivity contribution in [2.75, 3.05) is 6.61 Å². The van der Waals surface area contributed by atoms with Crippen molar-refractivity contribution in [1.29, 1.82) is 5.26 Å². The third kappa shape index (κ3) is 2.78. The summed E-state index contributed by atoms with van der Waals surface area (Å²) in [7, 11) is -0.456. The van der Waals surface area contributed by atoms with E-state index in [2.05, 4.69) is 0 Å². The summed E-state index contributed by atoms with van der Waals surface area (Å²) < 4.78 is 17.1. The lowest BCUT2D eigenvalue weighted by atomic mass is 9.79. The Morgan fingerprint density at radius 1 is 1.25 bits per heavy atom. The summed E-state index contributed by atoms with van der Waals surface area (Å²) in [6.45, 7) is 7.96. The first-order valence-corrected chi connectivity index (χ1v) is 6.79. The van der Waals surface area contributed by atoms with Crippen LogP contribution in [0.3, 0.4) is 0 Å². The number of halogens is 1.